The second-order valence-corrected chi connectivity index (χ2v) is 10.5. The molecule has 0 saturated carbocycles. The molecule has 0 amide bonds. The van der Waals surface area contributed by atoms with E-state index in [2.05, 4.69) is 4.98 Å². The third-order valence-corrected chi connectivity index (χ3v) is 7.72. The summed E-state index contributed by atoms with van der Waals surface area (Å²) >= 11 is 6.00. The van der Waals surface area contributed by atoms with Crippen LogP contribution in [0.1, 0.15) is 25.0 Å². The molecule has 0 aliphatic rings. The molecule has 0 spiro atoms. The van der Waals surface area contributed by atoms with Crippen molar-refractivity contribution in [2.24, 2.45) is 0 Å². The van der Waals surface area contributed by atoms with Gasteiger partial charge < -0.3 is 4.57 Å². The van der Waals surface area contributed by atoms with Gasteiger partial charge in [0.2, 0.25) is 10.0 Å². The first kappa shape index (κ1) is 27.5. The van der Waals surface area contributed by atoms with Gasteiger partial charge in [0.25, 0.3) is 0 Å². The van der Waals surface area contributed by atoms with Crippen molar-refractivity contribution in [1.82, 2.24) is 14.3 Å². The number of hydrogen-bond acceptors (Lipinski definition) is 4. The van der Waals surface area contributed by atoms with Crippen LogP contribution in [0.2, 0.25) is 5.02 Å². The lowest BCUT2D eigenvalue weighted by Gasteiger charge is -2.17. The van der Waals surface area contributed by atoms with Gasteiger partial charge in [-0.05, 0) is 61.4 Å². The van der Waals surface area contributed by atoms with E-state index in [0.717, 1.165) is 18.3 Å². The molecule has 0 bridgehead atoms. The largest absolute Gasteiger partial charge is 0.404 e. The number of aromatic nitrogens is 2. The molecule has 0 aliphatic carbocycles. The fourth-order valence-electron chi connectivity index (χ4n) is 3.92. The zero-order valence-electron chi connectivity index (χ0n) is 19.7. The standard InChI is InChI=1S/C25H18ClF5N4O2S/c1-3-14-8-23-17(10-21(14)28)18(11-32)24(35(23)15-4-6-20(27)19(26)9-15)22-7-5-16(12-33-22)38(36,37)34-13(2)25(29,30)31/h4-10,12-13,34H,3H2,1-2H3/t13-/m0/s1. The van der Waals surface area contributed by atoms with E-state index in [4.69, 9.17) is 11.6 Å². The van der Waals surface area contributed by atoms with Gasteiger partial charge in [0.15, 0.2) is 0 Å². The van der Waals surface area contributed by atoms with Crippen molar-refractivity contribution < 1.29 is 30.4 Å². The average Bonchev–Trinajstić information content (AvgIpc) is 3.17. The average molecular weight is 569 g/mol. The molecule has 2 aromatic heterocycles. The maximum atomic E-state index is 14.7. The van der Waals surface area contributed by atoms with Crippen LogP contribution < -0.4 is 4.72 Å². The summed E-state index contributed by atoms with van der Waals surface area (Å²) in [7, 11) is -4.58. The number of alkyl halides is 3. The minimum absolute atomic E-state index is 0.00562. The number of sulfonamides is 1. The maximum absolute atomic E-state index is 14.7. The van der Waals surface area contributed by atoms with Gasteiger partial charge in [-0.15, -0.1) is 0 Å². The van der Waals surface area contributed by atoms with Crippen LogP contribution in [0.15, 0.2) is 53.6 Å². The van der Waals surface area contributed by atoms with Gasteiger partial charge in [-0.3, -0.25) is 4.98 Å². The Morgan fingerprint density at radius 1 is 1.13 bits per heavy atom. The first-order valence-corrected chi connectivity index (χ1v) is 12.9. The summed E-state index contributed by atoms with van der Waals surface area (Å²) < 4.78 is 95.2. The summed E-state index contributed by atoms with van der Waals surface area (Å²) in [5.74, 6) is -1.24. The molecule has 2 aromatic carbocycles. The highest BCUT2D eigenvalue weighted by Crippen LogP contribution is 2.37. The second kappa shape index (κ2) is 9.98. The molecule has 0 unspecified atom stereocenters. The van der Waals surface area contributed by atoms with Crippen LogP contribution in [0.3, 0.4) is 0 Å². The van der Waals surface area contributed by atoms with Crippen LogP contribution in [0.5, 0.6) is 0 Å². The molecular formula is C25H18ClF5N4O2S. The lowest BCUT2D eigenvalue weighted by Crippen LogP contribution is -2.42. The third kappa shape index (κ3) is 4.97. The van der Waals surface area contributed by atoms with E-state index in [-0.39, 0.29) is 27.4 Å². The molecule has 198 valence electrons. The predicted molar refractivity (Wildman–Crippen MR) is 131 cm³/mol. The number of fused-ring (bicyclic) bond motifs is 1. The van der Waals surface area contributed by atoms with Crippen LogP contribution in [0, 0.1) is 23.0 Å². The fraction of sp³-hybridized carbons (Fsp3) is 0.200. The lowest BCUT2D eigenvalue weighted by atomic mass is 10.1. The summed E-state index contributed by atoms with van der Waals surface area (Å²) in [6, 6.07) is 8.45. The first-order chi connectivity index (χ1) is 17.8. The van der Waals surface area contributed by atoms with Crippen LogP contribution in [0.25, 0.3) is 28.0 Å². The molecular weight excluding hydrogens is 551 g/mol. The van der Waals surface area contributed by atoms with Gasteiger partial charge in [0, 0.05) is 17.3 Å². The second-order valence-electron chi connectivity index (χ2n) is 8.35. The zero-order chi connectivity index (χ0) is 28.0. The number of aryl methyl sites for hydroxylation is 1. The van der Waals surface area contributed by atoms with Gasteiger partial charge >= 0.3 is 6.18 Å². The minimum Gasteiger partial charge on any atom is -0.306 e. The normalized spacial score (nSPS) is 13.0. The Labute approximate surface area is 219 Å². The number of hydrogen-bond donors (Lipinski definition) is 1. The Balaban J connectivity index is 1.95. The van der Waals surface area contributed by atoms with Crippen molar-refractivity contribution in [2.45, 2.75) is 37.4 Å². The van der Waals surface area contributed by atoms with Crippen molar-refractivity contribution in [3.63, 3.8) is 0 Å². The third-order valence-electron chi connectivity index (χ3n) is 5.90. The molecule has 0 aliphatic heterocycles. The van der Waals surface area contributed by atoms with E-state index < -0.39 is 38.8 Å². The monoisotopic (exact) mass is 568 g/mol. The number of rotatable bonds is 6. The van der Waals surface area contributed by atoms with Crippen molar-refractivity contribution in [1.29, 1.82) is 5.26 Å². The van der Waals surface area contributed by atoms with Crippen molar-refractivity contribution >= 4 is 32.5 Å². The Bertz CT molecular complexity index is 1690. The molecule has 0 saturated heterocycles. The van der Waals surface area contributed by atoms with Crippen molar-refractivity contribution in [3.05, 3.63) is 76.4 Å². The molecule has 0 fully saturated rings. The molecule has 0 radical (unpaired) electrons. The minimum atomic E-state index is -4.80. The Morgan fingerprint density at radius 3 is 2.39 bits per heavy atom. The van der Waals surface area contributed by atoms with Crippen LogP contribution in [-0.4, -0.2) is 30.2 Å². The van der Waals surface area contributed by atoms with E-state index in [1.807, 2.05) is 6.07 Å². The van der Waals surface area contributed by atoms with Gasteiger partial charge in [-0.25, -0.2) is 17.2 Å². The van der Waals surface area contributed by atoms with Crippen LogP contribution in [0.4, 0.5) is 22.0 Å². The number of benzene rings is 2. The fourth-order valence-corrected chi connectivity index (χ4v) is 5.26. The van der Waals surface area contributed by atoms with Gasteiger partial charge in [-0.1, -0.05) is 18.5 Å². The van der Waals surface area contributed by atoms with Crippen LogP contribution >= 0.6 is 11.6 Å². The quantitative estimate of drug-likeness (QED) is 0.277. The molecule has 38 heavy (non-hydrogen) atoms. The molecule has 4 rings (SSSR count). The Kier molecular flexibility index (Phi) is 7.22. The molecule has 1 N–H and O–H groups in total. The van der Waals surface area contributed by atoms with Gasteiger partial charge in [0.05, 0.1) is 27.5 Å². The smallest absolute Gasteiger partial charge is 0.306 e. The summed E-state index contributed by atoms with van der Waals surface area (Å²) in [4.78, 5) is 3.57. The van der Waals surface area contributed by atoms with E-state index in [1.165, 1.54) is 34.9 Å². The number of pyridine rings is 1. The summed E-state index contributed by atoms with van der Waals surface area (Å²) in [5, 5.41) is 10.0. The summed E-state index contributed by atoms with van der Waals surface area (Å²) in [5.41, 5.74) is 1.22. The summed E-state index contributed by atoms with van der Waals surface area (Å²) in [6.45, 7) is 2.40. The highest BCUT2D eigenvalue weighted by atomic mass is 35.5. The number of nitrogens with zero attached hydrogens (tertiary/aromatic N) is 3. The highest BCUT2D eigenvalue weighted by Gasteiger charge is 2.39. The molecule has 1 atom stereocenters. The number of nitrogens with one attached hydrogen (secondary N) is 1. The first-order valence-electron chi connectivity index (χ1n) is 11.1. The summed E-state index contributed by atoms with van der Waals surface area (Å²) in [6.07, 6.45) is -3.62. The molecule has 4 aromatic rings. The topological polar surface area (TPSA) is 87.8 Å². The van der Waals surface area contributed by atoms with Crippen molar-refractivity contribution in [2.75, 3.05) is 0 Å². The van der Waals surface area contributed by atoms with Crippen LogP contribution in [-0.2, 0) is 16.4 Å². The Morgan fingerprint density at radius 2 is 1.84 bits per heavy atom. The van der Waals surface area contributed by atoms with E-state index in [1.54, 1.807) is 11.6 Å². The molecule has 13 heteroatoms. The number of nitriles is 1. The van der Waals surface area contributed by atoms with Gasteiger partial charge in [0.1, 0.15) is 28.6 Å². The lowest BCUT2D eigenvalue weighted by molar-refractivity contribution is -0.147. The van der Waals surface area contributed by atoms with Crippen molar-refractivity contribution in [3.8, 4) is 23.1 Å². The Hall–Kier alpha value is -3.53. The SMILES string of the molecule is CCc1cc2c(cc1F)c(C#N)c(-c1ccc(S(=O)(=O)N[C@@H](C)C(F)(F)F)cn1)n2-c1ccc(F)c(Cl)c1. The molecule has 6 nitrogen and oxygen atoms in total. The number of halogens is 6. The zero-order valence-corrected chi connectivity index (χ0v) is 21.3. The molecule has 2 heterocycles. The predicted octanol–water partition coefficient (Wildman–Crippen LogP) is 6.29. The van der Waals surface area contributed by atoms with E-state index in [0.29, 0.717) is 30.1 Å². The van der Waals surface area contributed by atoms with E-state index in [9.17, 15) is 35.6 Å². The van der Waals surface area contributed by atoms with E-state index >= 15 is 0 Å². The van der Waals surface area contributed by atoms with Gasteiger partial charge in [-0.2, -0.15) is 23.2 Å². The maximum Gasteiger partial charge on any atom is 0.404 e. The highest BCUT2D eigenvalue weighted by molar-refractivity contribution is 7.89.